The van der Waals surface area contributed by atoms with Crippen LogP contribution >= 0.6 is 0 Å². The smallest absolute Gasteiger partial charge is 0.441 e. The van der Waals surface area contributed by atoms with Crippen molar-refractivity contribution in [1.82, 2.24) is 0 Å². The predicted octanol–water partition coefficient (Wildman–Crippen LogP) is 2.35. The van der Waals surface area contributed by atoms with Crippen molar-refractivity contribution in [1.29, 1.82) is 0 Å². The molecule has 0 radical (unpaired) electrons. The molecule has 0 aliphatic rings. The van der Waals surface area contributed by atoms with Crippen LogP contribution in [0.4, 0.5) is 4.79 Å². The number of carbonyl (C=O) groups is 2. The number of nitroso groups, excluding NO2 is 1. The van der Waals surface area contributed by atoms with Gasteiger partial charge in [0.05, 0.1) is 6.54 Å². The van der Waals surface area contributed by atoms with E-state index in [9.17, 15) is 14.5 Å². The first-order valence-electron chi connectivity index (χ1n) is 4.82. The fraction of sp³-hybridized carbons (Fsp3) is 0.750. The second-order valence-corrected chi connectivity index (χ2v) is 4.05. The van der Waals surface area contributed by atoms with Crippen LogP contribution in [-0.2, 0) is 9.53 Å². The lowest BCUT2D eigenvalue weighted by Gasteiger charge is -2.16. The number of amides is 2. The van der Waals surface area contributed by atoms with Gasteiger partial charge in [0.2, 0.25) is 0 Å². The molecule has 0 saturated carbocycles. The summed E-state index contributed by atoms with van der Waals surface area (Å²) in [7, 11) is 0. The molecule has 0 aromatic rings. The highest BCUT2D eigenvalue weighted by atomic mass is 16.6. The summed E-state index contributed by atoms with van der Waals surface area (Å²) in [5.41, 5.74) is 7.31. The van der Waals surface area contributed by atoms with E-state index in [-0.39, 0.29) is 0 Å². The van der Waals surface area contributed by atoms with E-state index < -0.39 is 30.2 Å². The molecule has 18 heavy (non-hydrogen) atoms. The van der Waals surface area contributed by atoms with Crippen LogP contribution in [0.2, 0.25) is 0 Å². The molecule has 0 spiro atoms. The Morgan fingerprint density at radius 1 is 1.39 bits per heavy atom. The van der Waals surface area contributed by atoms with Crippen LogP contribution in [-0.4, -0.2) is 30.2 Å². The summed E-state index contributed by atoms with van der Waals surface area (Å²) in [4.78, 5) is 34.5. The van der Waals surface area contributed by atoms with Gasteiger partial charge in [-0.3, -0.25) is 4.79 Å². The number of nitrogens with zero attached hydrogens (tertiary/aromatic N) is 6. The van der Waals surface area contributed by atoms with Crippen molar-refractivity contribution in [3.05, 3.63) is 15.3 Å². The first-order valence-corrected chi connectivity index (χ1v) is 4.82. The Hall–Kier alpha value is -2.35. The molecule has 0 bridgehead atoms. The molecule has 0 N–H and O–H groups in total. The molecule has 0 heterocycles. The first kappa shape index (κ1) is 15.7. The van der Waals surface area contributed by atoms with Crippen LogP contribution in [0.25, 0.3) is 10.4 Å². The van der Waals surface area contributed by atoms with Crippen LogP contribution in [0.5, 0.6) is 0 Å². The van der Waals surface area contributed by atoms with Gasteiger partial charge in [-0.1, -0.05) is 10.2 Å². The van der Waals surface area contributed by atoms with Gasteiger partial charge in [-0.25, -0.2) is 4.79 Å². The van der Waals surface area contributed by atoms with E-state index in [1.54, 1.807) is 20.8 Å². The topological polar surface area (TPSA) is 146 Å². The van der Waals surface area contributed by atoms with E-state index in [1.165, 1.54) is 0 Å². The zero-order valence-corrected chi connectivity index (χ0v) is 10.1. The molecule has 98 valence electrons. The number of rotatable bonds is 4. The Balaban J connectivity index is 4.66. The van der Waals surface area contributed by atoms with Crippen molar-refractivity contribution in [2.75, 3.05) is 6.54 Å². The minimum absolute atomic E-state index is 0.451. The number of azide groups is 1. The van der Waals surface area contributed by atoms with Crippen molar-refractivity contribution in [3.63, 3.8) is 0 Å². The quantitative estimate of drug-likeness (QED) is 0.328. The molecule has 0 saturated heterocycles. The fourth-order valence-electron chi connectivity index (χ4n) is 0.738. The number of ether oxygens (including phenoxy) is 1. The molecule has 0 fully saturated rings. The molecule has 0 aromatic carbocycles. The summed E-state index contributed by atoms with van der Waals surface area (Å²) in [6.45, 7) is 4.41. The number of carbonyl (C=O) groups excluding carboxylic acids is 2. The Bertz CT molecular complexity index is 406. The zero-order chi connectivity index (χ0) is 14.2. The normalized spacial score (nSPS) is 12.6. The van der Waals surface area contributed by atoms with E-state index >= 15 is 0 Å². The van der Waals surface area contributed by atoms with Crippen molar-refractivity contribution in [2.45, 2.75) is 32.4 Å². The molecule has 2 amide bonds. The van der Waals surface area contributed by atoms with Crippen LogP contribution in [0.1, 0.15) is 20.8 Å². The molecular formula is C8H12N6O4. The molecular weight excluding hydrogens is 244 g/mol. The lowest BCUT2D eigenvalue weighted by Crippen LogP contribution is -2.23. The fourth-order valence-corrected chi connectivity index (χ4v) is 0.738. The van der Waals surface area contributed by atoms with Crippen LogP contribution in [0.15, 0.2) is 20.5 Å². The van der Waals surface area contributed by atoms with E-state index in [2.05, 4.69) is 25.4 Å². The minimum Gasteiger partial charge on any atom is -0.441 e. The summed E-state index contributed by atoms with van der Waals surface area (Å²) >= 11 is 0. The summed E-state index contributed by atoms with van der Waals surface area (Å²) in [5, 5.41) is 11.5. The highest BCUT2D eigenvalue weighted by Crippen LogP contribution is 2.08. The highest BCUT2D eigenvalue weighted by Gasteiger charge is 2.20. The van der Waals surface area contributed by atoms with Crippen molar-refractivity contribution in [2.24, 2.45) is 20.5 Å². The first-order chi connectivity index (χ1) is 8.30. The molecule has 0 aromatic heterocycles. The Morgan fingerprint density at radius 2 is 2.00 bits per heavy atom. The van der Waals surface area contributed by atoms with Gasteiger partial charge in [0.25, 0.3) is 0 Å². The van der Waals surface area contributed by atoms with Gasteiger partial charge in [0.1, 0.15) is 5.60 Å². The number of hydrogen-bond donors (Lipinski definition) is 0. The van der Waals surface area contributed by atoms with Crippen LogP contribution < -0.4 is 0 Å². The van der Waals surface area contributed by atoms with Gasteiger partial charge >= 0.3 is 12.0 Å². The molecule has 0 aliphatic carbocycles. The van der Waals surface area contributed by atoms with E-state index in [0.29, 0.717) is 0 Å². The molecule has 0 unspecified atom stereocenters. The van der Waals surface area contributed by atoms with E-state index in [1.807, 2.05) is 0 Å². The van der Waals surface area contributed by atoms with Crippen molar-refractivity contribution >= 4 is 12.0 Å². The summed E-state index contributed by atoms with van der Waals surface area (Å²) in [6.07, 6.45) is -1.02. The van der Waals surface area contributed by atoms with Gasteiger partial charge in [0.15, 0.2) is 6.04 Å². The second kappa shape index (κ2) is 7.07. The maximum atomic E-state index is 11.1. The third kappa shape index (κ3) is 7.01. The van der Waals surface area contributed by atoms with Gasteiger partial charge < -0.3 is 4.74 Å². The van der Waals surface area contributed by atoms with Crippen LogP contribution in [0.3, 0.4) is 0 Å². The third-order valence-electron chi connectivity index (χ3n) is 1.37. The summed E-state index contributed by atoms with van der Waals surface area (Å²) in [5.74, 6) is -1.19. The molecule has 10 heteroatoms. The Labute approximate surface area is 102 Å². The molecule has 0 aliphatic heterocycles. The largest absolute Gasteiger partial charge is 0.452 e. The lowest BCUT2D eigenvalue weighted by molar-refractivity contribution is -0.118. The van der Waals surface area contributed by atoms with Gasteiger partial charge in [-0.05, 0) is 26.3 Å². The Kier molecular flexibility index (Phi) is 6.15. The third-order valence-corrected chi connectivity index (χ3v) is 1.37. The van der Waals surface area contributed by atoms with E-state index in [0.717, 1.165) is 0 Å². The zero-order valence-electron chi connectivity index (χ0n) is 10.1. The average Bonchev–Trinajstić information content (AvgIpc) is 2.26. The van der Waals surface area contributed by atoms with Gasteiger partial charge in [-0.15, -0.1) is 4.91 Å². The minimum atomic E-state index is -1.41. The average molecular weight is 256 g/mol. The Morgan fingerprint density at radius 3 is 2.44 bits per heavy atom. The lowest BCUT2D eigenvalue weighted by atomic mass is 10.2. The maximum absolute atomic E-state index is 11.1. The number of hydrogen-bond acceptors (Lipinski definition) is 6. The maximum Gasteiger partial charge on any atom is 0.452 e. The number of azo groups is 1. The standard InChI is InChI=1S/C8H12N6O4/c1-8(2,3)18-7(16)12-11-5(4-10-14-9)6(15)13-17/h5H,4H2,1-3H3/t5-/m0/s1. The van der Waals surface area contributed by atoms with Crippen LogP contribution in [0, 0.1) is 4.91 Å². The highest BCUT2D eigenvalue weighted by molar-refractivity contribution is 5.83. The second-order valence-electron chi connectivity index (χ2n) is 4.05. The van der Waals surface area contributed by atoms with E-state index in [4.69, 9.17) is 10.3 Å². The molecule has 1 atom stereocenters. The SMILES string of the molecule is CC(C)(C)OC(=O)N=N[C@@H](CN=[N+]=[N-])C(=O)N=O. The van der Waals surface area contributed by atoms with Crippen molar-refractivity contribution in [3.8, 4) is 0 Å². The van der Waals surface area contributed by atoms with Crippen molar-refractivity contribution < 1.29 is 14.3 Å². The predicted molar refractivity (Wildman–Crippen MR) is 59.7 cm³/mol. The molecule has 10 nitrogen and oxygen atoms in total. The van der Waals surface area contributed by atoms with Gasteiger partial charge in [-0.2, -0.15) is 5.11 Å². The monoisotopic (exact) mass is 256 g/mol. The summed E-state index contributed by atoms with van der Waals surface area (Å²) in [6, 6.07) is -1.41. The summed E-state index contributed by atoms with van der Waals surface area (Å²) < 4.78 is 4.78. The molecule has 0 rings (SSSR count). The van der Waals surface area contributed by atoms with Gasteiger partial charge in [0, 0.05) is 10.1 Å².